The van der Waals surface area contributed by atoms with E-state index in [0.29, 0.717) is 23.2 Å². The average Bonchev–Trinajstić information content (AvgIpc) is 3.08. The molecule has 3 heteroatoms. The Hall–Kier alpha value is -0.900. The van der Waals surface area contributed by atoms with Crippen molar-refractivity contribution in [2.45, 2.75) is 111 Å². The number of rotatable bonds is 6. The molecule has 0 aromatic rings. The number of allylic oxidation sites excluding steroid dienone is 4. The molecule has 0 aromatic heterocycles. The first-order chi connectivity index (χ1) is 15.0. The molecule has 0 bridgehead atoms. The average molecular weight is 443 g/mol. The van der Waals surface area contributed by atoms with Crippen molar-refractivity contribution in [3.8, 4) is 0 Å². The molecule has 4 aliphatic rings. The maximum atomic E-state index is 10.5. The van der Waals surface area contributed by atoms with Crippen LogP contribution in [-0.4, -0.2) is 33.6 Å². The lowest BCUT2D eigenvalue weighted by atomic mass is 9.51. The number of aliphatic hydroxyl groups is 3. The molecule has 32 heavy (non-hydrogen) atoms. The molecule has 4 rings (SSSR count). The van der Waals surface area contributed by atoms with Crippen molar-refractivity contribution in [2.24, 2.45) is 28.6 Å². The predicted octanol–water partition coefficient (Wildman–Crippen LogP) is 6.10. The molecule has 0 radical (unpaired) electrons. The van der Waals surface area contributed by atoms with Crippen molar-refractivity contribution in [1.82, 2.24) is 0 Å². The van der Waals surface area contributed by atoms with Gasteiger partial charge in [0.05, 0.1) is 18.3 Å². The van der Waals surface area contributed by atoms with Crippen LogP contribution in [0.25, 0.3) is 0 Å². The van der Waals surface area contributed by atoms with Crippen molar-refractivity contribution >= 4 is 0 Å². The fraction of sp³-hybridized carbons (Fsp3) is 0.793. The normalized spacial score (nSPS) is 38.7. The van der Waals surface area contributed by atoms with Crippen molar-refractivity contribution in [3.63, 3.8) is 0 Å². The first-order valence-corrected chi connectivity index (χ1v) is 13.1. The van der Waals surface area contributed by atoms with E-state index < -0.39 is 5.60 Å². The number of hydrogen-bond donors (Lipinski definition) is 3. The molecule has 180 valence electrons. The molecule has 0 spiro atoms. The molecule has 1 fully saturated rings. The minimum atomic E-state index is -0.863. The highest BCUT2D eigenvalue weighted by molar-refractivity contribution is 5.49. The molecule has 0 heterocycles. The standard InChI is InChI=1S/C29H46O3/c1-19(6-7-20(14-17-30)27(2,3)32)24-10-11-25-23-9-8-21-18-22(31)12-15-28(21,4)26(23)13-16-29(24,25)5/h11,14,19,21-22,24,30-32H,6-10,12-13,15-18H2,1-5H3/b20-14-/t19-,21+,22+,24-,28+,29-/m1/s1. The van der Waals surface area contributed by atoms with Gasteiger partial charge in [-0.05, 0) is 123 Å². The minimum absolute atomic E-state index is 0.00568. The summed E-state index contributed by atoms with van der Waals surface area (Å²) in [5.41, 5.74) is 5.77. The topological polar surface area (TPSA) is 60.7 Å². The summed E-state index contributed by atoms with van der Waals surface area (Å²) >= 11 is 0. The summed E-state index contributed by atoms with van der Waals surface area (Å²) in [5, 5.41) is 30.1. The SMILES string of the molecule is C[C@H](CC/C(=C/CO)C(C)(C)O)[C@H]1CC=C2C3=C(CC[C@@]21C)[C@@]1(C)CC[C@H](O)C[C@@H]1CC3. The Morgan fingerprint density at radius 2 is 1.94 bits per heavy atom. The largest absolute Gasteiger partial charge is 0.393 e. The van der Waals surface area contributed by atoms with Crippen molar-refractivity contribution in [3.05, 3.63) is 34.4 Å². The summed E-state index contributed by atoms with van der Waals surface area (Å²) in [6, 6.07) is 0. The Morgan fingerprint density at radius 3 is 2.62 bits per heavy atom. The summed E-state index contributed by atoms with van der Waals surface area (Å²) in [6.45, 7) is 11.1. The molecular weight excluding hydrogens is 396 g/mol. The second kappa shape index (κ2) is 8.71. The monoisotopic (exact) mass is 442 g/mol. The van der Waals surface area contributed by atoms with Crippen LogP contribution in [0.15, 0.2) is 34.4 Å². The van der Waals surface area contributed by atoms with E-state index in [1.165, 1.54) is 32.1 Å². The van der Waals surface area contributed by atoms with Crippen LogP contribution >= 0.6 is 0 Å². The number of aliphatic hydroxyl groups excluding tert-OH is 2. The molecule has 0 aromatic carbocycles. The zero-order valence-corrected chi connectivity index (χ0v) is 21.1. The van der Waals surface area contributed by atoms with Gasteiger partial charge in [0.2, 0.25) is 0 Å². The Kier molecular flexibility index (Phi) is 6.59. The lowest BCUT2D eigenvalue weighted by molar-refractivity contribution is 0.0225. The van der Waals surface area contributed by atoms with E-state index >= 15 is 0 Å². The van der Waals surface area contributed by atoms with Crippen molar-refractivity contribution in [1.29, 1.82) is 0 Å². The van der Waals surface area contributed by atoms with Crippen molar-refractivity contribution in [2.75, 3.05) is 6.61 Å². The third-order valence-corrected chi connectivity index (χ3v) is 10.2. The van der Waals surface area contributed by atoms with Gasteiger partial charge in [0.15, 0.2) is 0 Å². The van der Waals surface area contributed by atoms with Gasteiger partial charge < -0.3 is 15.3 Å². The van der Waals surface area contributed by atoms with Gasteiger partial charge in [-0.3, -0.25) is 0 Å². The molecule has 0 aliphatic heterocycles. The summed E-state index contributed by atoms with van der Waals surface area (Å²) in [4.78, 5) is 0. The quantitative estimate of drug-likeness (QED) is 0.436. The molecule has 3 nitrogen and oxygen atoms in total. The first kappa shape index (κ1) is 24.2. The smallest absolute Gasteiger partial charge is 0.0801 e. The Morgan fingerprint density at radius 1 is 1.19 bits per heavy atom. The van der Waals surface area contributed by atoms with E-state index in [0.717, 1.165) is 37.7 Å². The molecule has 1 saturated carbocycles. The van der Waals surface area contributed by atoms with E-state index in [-0.39, 0.29) is 18.1 Å². The van der Waals surface area contributed by atoms with Crippen LogP contribution < -0.4 is 0 Å². The minimum Gasteiger partial charge on any atom is -0.393 e. The zero-order chi connectivity index (χ0) is 23.3. The van der Waals surface area contributed by atoms with Crippen molar-refractivity contribution < 1.29 is 15.3 Å². The highest BCUT2D eigenvalue weighted by Gasteiger charge is 2.52. The third-order valence-electron chi connectivity index (χ3n) is 10.2. The molecule has 0 saturated heterocycles. The highest BCUT2D eigenvalue weighted by Crippen LogP contribution is 2.64. The van der Waals surface area contributed by atoms with Gasteiger partial charge in [-0.1, -0.05) is 38.5 Å². The predicted molar refractivity (Wildman–Crippen MR) is 131 cm³/mol. The van der Waals surface area contributed by atoms with Crippen LogP contribution in [-0.2, 0) is 0 Å². The summed E-state index contributed by atoms with van der Waals surface area (Å²) in [5.74, 6) is 1.89. The zero-order valence-electron chi connectivity index (χ0n) is 21.1. The van der Waals surface area contributed by atoms with E-state index in [1.807, 2.05) is 13.8 Å². The first-order valence-electron chi connectivity index (χ1n) is 13.1. The Labute approximate surface area is 195 Å². The van der Waals surface area contributed by atoms with Gasteiger partial charge in [0, 0.05) is 0 Å². The van der Waals surface area contributed by atoms with Crippen LogP contribution in [0.2, 0.25) is 0 Å². The summed E-state index contributed by atoms with van der Waals surface area (Å²) < 4.78 is 0. The van der Waals surface area contributed by atoms with E-state index in [2.05, 4.69) is 26.8 Å². The number of hydrogen-bond acceptors (Lipinski definition) is 3. The molecular formula is C29H46O3. The maximum absolute atomic E-state index is 10.5. The lowest BCUT2D eigenvalue weighted by Crippen LogP contribution is -2.44. The van der Waals surface area contributed by atoms with Crippen LogP contribution in [0.1, 0.15) is 98.8 Å². The highest BCUT2D eigenvalue weighted by atomic mass is 16.3. The van der Waals surface area contributed by atoms with Gasteiger partial charge >= 0.3 is 0 Å². The second-order valence-electron chi connectivity index (χ2n) is 12.4. The van der Waals surface area contributed by atoms with E-state index in [9.17, 15) is 15.3 Å². The lowest BCUT2D eigenvalue weighted by Gasteiger charge is -2.54. The third kappa shape index (κ3) is 4.07. The Balaban J connectivity index is 1.51. The maximum Gasteiger partial charge on any atom is 0.0801 e. The van der Waals surface area contributed by atoms with Crippen LogP contribution in [0.5, 0.6) is 0 Å². The van der Waals surface area contributed by atoms with E-state index in [4.69, 9.17) is 0 Å². The van der Waals surface area contributed by atoms with Gasteiger partial charge in [-0.25, -0.2) is 0 Å². The van der Waals surface area contributed by atoms with Crippen LogP contribution in [0.3, 0.4) is 0 Å². The van der Waals surface area contributed by atoms with E-state index in [1.54, 1.807) is 22.8 Å². The summed E-state index contributed by atoms with van der Waals surface area (Å²) in [6.07, 6.45) is 15.4. The molecule has 4 aliphatic carbocycles. The molecule has 6 atom stereocenters. The molecule has 0 unspecified atom stereocenters. The number of fused-ring (bicyclic) bond motifs is 4. The van der Waals surface area contributed by atoms with Gasteiger partial charge in [-0.2, -0.15) is 0 Å². The van der Waals surface area contributed by atoms with Gasteiger partial charge in [-0.15, -0.1) is 0 Å². The Bertz CT molecular complexity index is 813. The fourth-order valence-corrected chi connectivity index (χ4v) is 8.08. The van der Waals surface area contributed by atoms with Gasteiger partial charge in [0.25, 0.3) is 0 Å². The van der Waals surface area contributed by atoms with Gasteiger partial charge in [0.1, 0.15) is 0 Å². The molecule has 0 amide bonds. The van der Waals surface area contributed by atoms with Crippen LogP contribution in [0.4, 0.5) is 0 Å². The van der Waals surface area contributed by atoms with Crippen LogP contribution in [0, 0.1) is 28.6 Å². The second-order valence-corrected chi connectivity index (χ2v) is 12.4. The molecule has 3 N–H and O–H groups in total. The fourth-order valence-electron chi connectivity index (χ4n) is 8.08. The summed E-state index contributed by atoms with van der Waals surface area (Å²) in [7, 11) is 0.